The Hall–Kier alpha value is -3.56. The van der Waals surface area contributed by atoms with Crippen LogP contribution in [0.25, 0.3) is 16.6 Å². The van der Waals surface area contributed by atoms with Crippen molar-refractivity contribution < 1.29 is 22.4 Å². The van der Waals surface area contributed by atoms with Crippen LogP contribution in [0.15, 0.2) is 42.6 Å². The molecule has 0 spiro atoms. The summed E-state index contributed by atoms with van der Waals surface area (Å²) in [5.41, 5.74) is 6.40. The normalized spacial score (nSPS) is 14.1. The number of carbonyl (C=O) groups is 1. The Labute approximate surface area is 155 Å². The van der Waals surface area contributed by atoms with E-state index >= 15 is 0 Å². The Morgan fingerprint density at radius 2 is 1.93 bits per heavy atom. The number of rotatable bonds is 3. The zero-order valence-corrected chi connectivity index (χ0v) is 14.1. The highest BCUT2D eigenvalue weighted by Gasteiger charge is 2.30. The van der Waals surface area contributed by atoms with Crippen molar-refractivity contribution in [2.45, 2.75) is 6.18 Å². The van der Waals surface area contributed by atoms with Gasteiger partial charge in [0.15, 0.2) is 0 Å². The number of fused-ring (bicyclic) bond motifs is 3. The number of anilines is 1. The minimum atomic E-state index is -4.47. The van der Waals surface area contributed by atoms with Crippen LogP contribution in [0.5, 0.6) is 0 Å². The molecule has 144 valence electrons. The highest BCUT2D eigenvalue weighted by molar-refractivity contribution is 6.07. The minimum absolute atomic E-state index is 0.144. The predicted octanol–water partition coefficient (Wildman–Crippen LogP) is 3.42. The molecule has 0 bridgehead atoms. The van der Waals surface area contributed by atoms with Crippen LogP contribution in [-0.2, 0) is 6.18 Å². The van der Waals surface area contributed by atoms with Crippen molar-refractivity contribution in [3.63, 3.8) is 0 Å². The molecule has 4 rings (SSSR count). The molecule has 0 unspecified atom stereocenters. The van der Waals surface area contributed by atoms with E-state index < -0.39 is 17.6 Å². The molecule has 1 amide bonds. The van der Waals surface area contributed by atoms with Crippen molar-refractivity contribution in [1.82, 2.24) is 20.7 Å². The number of H-pyrrole nitrogens is 1. The number of hydrogen-bond donors (Lipinski definition) is 4. The fourth-order valence-electron chi connectivity index (χ4n) is 2.93. The van der Waals surface area contributed by atoms with Gasteiger partial charge in [-0.05, 0) is 36.4 Å². The summed E-state index contributed by atoms with van der Waals surface area (Å²) in [6, 6.07) is 6.17. The molecule has 3 heterocycles. The summed E-state index contributed by atoms with van der Waals surface area (Å²) in [7, 11) is 0. The van der Waals surface area contributed by atoms with Crippen LogP contribution in [0.2, 0.25) is 0 Å². The fourth-order valence-corrected chi connectivity index (χ4v) is 2.93. The number of halogens is 4. The molecule has 4 N–H and O–H groups in total. The third-order valence-corrected chi connectivity index (χ3v) is 4.24. The number of aromatic amines is 1. The lowest BCUT2D eigenvalue weighted by molar-refractivity contribution is -0.137. The molecule has 1 aliphatic heterocycles. The number of carbonyl (C=O) groups excluding carboxylic acids is 1. The first-order valence-electron chi connectivity index (χ1n) is 8.18. The predicted molar refractivity (Wildman–Crippen MR) is 94.6 cm³/mol. The average Bonchev–Trinajstić information content (AvgIpc) is 2.95. The van der Waals surface area contributed by atoms with Crippen LogP contribution in [0.1, 0.15) is 21.6 Å². The smallest absolute Gasteiger partial charge is 0.350 e. The van der Waals surface area contributed by atoms with Gasteiger partial charge in [0.1, 0.15) is 17.3 Å². The Bertz CT molecular complexity index is 1090. The summed E-state index contributed by atoms with van der Waals surface area (Å²) in [6.07, 6.45) is -2.10. The number of amides is 1. The van der Waals surface area contributed by atoms with Gasteiger partial charge < -0.3 is 10.3 Å². The summed E-state index contributed by atoms with van der Waals surface area (Å²) in [4.78, 5) is 18.9. The van der Waals surface area contributed by atoms with Gasteiger partial charge in [0.25, 0.3) is 5.91 Å². The molecule has 0 radical (unpaired) electrons. The second-order valence-corrected chi connectivity index (χ2v) is 6.07. The summed E-state index contributed by atoms with van der Waals surface area (Å²) in [5.74, 6) is -0.673. The first kappa shape index (κ1) is 17.8. The second-order valence-electron chi connectivity index (χ2n) is 6.07. The molecule has 0 saturated carbocycles. The summed E-state index contributed by atoms with van der Waals surface area (Å²) in [5, 5.41) is 3.17. The maximum atomic E-state index is 13.7. The van der Waals surface area contributed by atoms with Gasteiger partial charge in [0, 0.05) is 29.2 Å². The molecule has 1 aliphatic rings. The molecular formula is C18H13F4N5O. The van der Waals surface area contributed by atoms with Gasteiger partial charge in [-0.3, -0.25) is 15.6 Å². The van der Waals surface area contributed by atoms with Crippen LogP contribution in [0.4, 0.5) is 23.4 Å². The summed E-state index contributed by atoms with van der Waals surface area (Å²) < 4.78 is 51.6. The van der Waals surface area contributed by atoms with Gasteiger partial charge >= 0.3 is 6.18 Å². The third-order valence-electron chi connectivity index (χ3n) is 4.24. The van der Waals surface area contributed by atoms with E-state index in [1.807, 2.05) is 0 Å². The molecule has 0 aliphatic carbocycles. The molecule has 2 aromatic heterocycles. The minimum Gasteiger partial charge on any atom is -0.350 e. The lowest BCUT2D eigenvalue weighted by atomic mass is 10.1. The molecule has 1 aromatic carbocycles. The molecular weight excluding hydrogens is 378 g/mol. The molecule has 3 aromatic rings. The standard InChI is InChI=1S/C18H13F4N5O/c19-10-2-3-12-11(7-10)15-13(5-6-23-17(28)16(15)25-12)26-27-14-4-1-9(8-24-14)18(20,21)22/h1-5,7-8,25-26H,6H2,(H,23,28)(H,24,27). The third kappa shape index (κ3) is 3.24. The summed E-state index contributed by atoms with van der Waals surface area (Å²) in [6.45, 7) is 0.211. The number of benzene rings is 1. The van der Waals surface area contributed by atoms with E-state index in [-0.39, 0.29) is 24.0 Å². The van der Waals surface area contributed by atoms with E-state index in [9.17, 15) is 22.4 Å². The Balaban J connectivity index is 1.65. The van der Waals surface area contributed by atoms with Crippen molar-refractivity contribution in [1.29, 1.82) is 0 Å². The zero-order valence-electron chi connectivity index (χ0n) is 14.1. The Morgan fingerprint density at radius 3 is 2.64 bits per heavy atom. The SMILES string of the molecule is O=C1NCC=C(NNc2ccc(C(F)(F)F)cn2)c2c1[nH]c1ccc(F)cc21. The van der Waals surface area contributed by atoms with Crippen molar-refractivity contribution in [2.24, 2.45) is 0 Å². The van der Waals surface area contributed by atoms with Crippen LogP contribution in [0, 0.1) is 5.82 Å². The topological polar surface area (TPSA) is 81.8 Å². The van der Waals surface area contributed by atoms with Gasteiger partial charge in [0.2, 0.25) is 0 Å². The largest absolute Gasteiger partial charge is 0.417 e. The van der Waals surface area contributed by atoms with Gasteiger partial charge in [0.05, 0.1) is 11.3 Å². The van der Waals surface area contributed by atoms with Crippen molar-refractivity contribution in [2.75, 3.05) is 12.0 Å². The van der Waals surface area contributed by atoms with Gasteiger partial charge in [-0.15, -0.1) is 0 Å². The lowest BCUT2D eigenvalue weighted by Crippen LogP contribution is -2.22. The average molecular weight is 391 g/mol. The maximum Gasteiger partial charge on any atom is 0.417 e. The molecule has 10 heteroatoms. The van der Waals surface area contributed by atoms with Crippen molar-refractivity contribution >= 4 is 28.3 Å². The van der Waals surface area contributed by atoms with Crippen molar-refractivity contribution in [3.8, 4) is 0 Å². The number of alkyl halides is 3. The fraction of sp³-hybridized carbons (Fsp3) is 0.111. The van der Waals surface area contributed by atoms with Gasteiger partial charge in [-0.2, -0.15) is 13.2 Å². The molecule has 0 fully saturated rings. The van der Waals surface area contributed by atoms with E-state index in [0.29, 0.717) is 28.4 Å². The molecule has 0 saturated heterocycles. The zero-order chi connectivity index (χ0) is 19.9. The van der Waals surface area contributed by atoms with Crippen LogP contribution in [0.3, 0.4) is 0 Å². The van der Waals surface area contributed by atoms with E-state index in [2.05, 4.69) is 26.1 Å². The van der Waals surface area contributed by atoms with E-state index in [0.717, 1.165) is 6.07 Å². The quantitative estimate of drug-likeness (QED) is 0.407. The van der Waals surface area contributed by atoms with E-state index in [4.69, 9.17) is 0 Å². The number of nitrogens with one attached hydrogen (secondary N) is 4. The molecule has 28 heavy (non-hydrogen) atoms. The first-order chi connectivity index (χ1) is 13.3. The number of hydrazine groups is 1. The van der Waals surface area contributed by atoms with Crippen LogP contribution in [-0.4, -0.2) is 22.4 Å². The number of pyridine rings is 1. The molecule has 6 nitrogen and oxygen atoms in total. The van der Waals surface area contributed by atoms with Crippen molar-refractivity contribution in [3.05, 3.63) is 65.2 Å². The maximum absolute atomic E-state index is 13.7. The highest BCUT2D eigenvalue weighted by atomic mass is 19.4. The van der Waals surface area contributed by atoms with Crippen LogP contribution >= 0.6 is 0 Å². The number of aromatic nitrogens is 2. The lowest BCUT2D eigenvalue weighted by Gasteiger charge is -2.13. The number of hydrogen-bond acceptors (Lipinski definition) is 4. The van der Waals surface area contributed by atoms with Crippen LogP contribution < -0.4 is 16.2 Å². The van der Waals surface area contributed by atoms with E-state index in [1.165, 1.54) is 24.3 Å². The van der Waals surface area contributed by atoms with Gasteiger partial charge in [-0.25, -0.2) is 9.37 Å². The second kappa shape index (κ2) is 6.55. The van der Waals surface area contributed by atoms with E-state index in [1.54, 1.807) is 6.08 Å². The Morgan fingerprint density at radius 1 is 1.11 bits per heavy atom. The molecule has 0 atom stereocenters. The summed E-state index contributed by atoms with van der Waals surface area (Å²) >= 11 is 0. The monoisotopic (exact) mass is 391 g/mol. The Kier molecular flexibility index (Phi) is 4.17. The highest BCUT2D eigenvalue weighted by Crippen LogP contribution is 2.30. The first-order valence-corrected chi connectivity index (χ1v) is 8.18. The van der Waals surface area contributed by atoms with Gasteiger partial charge in [-0.1, -0.05) is 0 Å². The number of nitrogens with zero attached hydrogens (tertiary/aromatic N) is 1.